The third-order valence-corrected chi connectivity index (χ3v) is 8.46. The van der Waals surface area contributed by atoms with Gasteiger partial charge in [-0.25, -0.2) is 13.2 Å². The van der Waals surface area contributed by atoms with Crippen molar-refractivity contribution >= 4 is 21.8 Å². The summed E-state index contributed by atoms with van der Waals surface area (Å²) in [6.45, 7) is 0.416. The molecule has 0 radical (unpaired) electrons. The summed E-state index contributed by atoms with van der Waals surface area (Å²) in [7, 11) is -2.43. The van der Waals surface area contributed by atoms with E-state index >= 15 is 0 Å². The maximum atomic E-state index is 13.1. The van der Waals surface area contributed by atoms with E-state index in [4.69, 9.17) is 9.47 Å². The van der Waals surface area contributed by atoms with E-state index in [0.717, 1.165) is 36.0 Å². The molecule has 0 unspecified atom stereocenters. The van der Waals surface area contributed by atoms with Crippen LogP contribution in [0.3, 0.4) is 0 Å². The minimum atomic E-state index is -3.81. The molecule has 0 atom stereocenters. The summed E-state index contributed by atoms with van der Waals surface area (Å²) >= 11 is 0. The van der Waals surface area contributed by atoms with E-state index in [1.807, 2.05) is 30.3 Å². The minimum absolute atomic E-state index is 0.0410. The maximum Gasteiger partial charge on any atom is 0.338 e. The molecule has 1 heterocycles. The normalized spacial score (nSPS) is 14.9. The number of methoxy groups -OCH3 is 1. The fourth-order valence-corrected chi connectivity index (χ4v) is 6.37. The highest BCUT2D eigenvalue weighted by atomic mass is 32.2. The highest BCUT2D eigenvalue weighted by Crippen LogP contribution is 2.37. The molecule has 180 valence electrons. The molecule has 1 fully saturated rings. The summed E-state index contributed by atoms with van der Waals surface area (Å²) in [6, 6.07) is 17.7. The van der Waals surface area contributed by atoms with Gasteiger partial charge in [0.15, 0.2) is 12.4 Å². The molecule has 1 aliphatic carbocycles. The number of nitrogens with zero attached hydrogens (tertiary/aromatic N) is 1. The van der Waals surface area contributed by atoms with Crippen LogP contribution in [0.2, 0.25) is 0 Å². The summed E-state index contributed by atoms with van der Waals surface area (Å²) in [4.78, 5) is 25.4. The molecule has 0 N–H and O–H groups in total. The Kier molecular flexibility index (Phi) is 6.17. The Balaban J connectivity index is 1.32. The van der Waals surface area contributed by atoms with Crippen LogP contribution < -0.4 is 4.74 Å². The predicted octanol–water partition coefficient (Wildman–Crippen LogP) is 4.09. The quantitative estimate of drug-likeness (QED) is 0.286. The first-order valence-corrected chi connectivity index (χ1v) is 12.9. The predicted molar refractivity (Wildman–Crippen MR) is 130 cm³/mol. The number of rotatable bonds is 7. The van der Waals surface area contributed by atoms with E-state index in [0.29, 0.717) is 18.7 Å². The van der Waals surface area contributed by atoms with Crippen molar-refractivity contribution in [2.24, 2.45) is 0 Å². The number of hydrogen-bond acceptors (Lipinski definition) is 6. The molecule has 3 aromatic carbocycles. The third-order valence-electron chi connectivity index (χ3n) is 6.54. The van der Waals surface area contributed by atoms with Crippen LogP contribution in [0.5, 0.6) is 5.75 Å². The summed E-state index contributed by atoms with van der Waals surface area (Å²) in [6.07, 6.45) is 2.41. The highest BCUT2D eigenvalue weighted by molar-refractivity contribution is 7.89. The average Bonchev–Trinajstić information content (AvgIpc) is 3.55. The van der Waals surface area contributed by atoms with E-state index in [1.54, 1.807) is 6.07 Å². The van der Waals surface area contributed by atoms with Crippen LogP contribution in [-0.2, 0) is 21.2 Å². The Bertz CT molecular complexity index is 1420. The summed E-state index contributed by atoms with van der Waals surface area (Å²) < 4.78 is 38.0. The van der Waals surface area contributed by atoms with Crippen LogP contribution in [0.25, 0.3) is 11.1 Å². The Hall–Kier alpha value is -3.49. The maximum absolute atomic E-state index is 13.1. The molecule has 8 heteroatoms. The van der Waals surface area contributed by atoms with Gasteiger partial charge in [-0.15, -0.1) is 0 Å². The van der Waals surface area contributed by atoms with Crippen molar-refractivity contribution in [2.75, 3.05) is 26.8 Å². The average molecular weight is 492 g/mol. The van der Waals surface area contributed by atoms with Crippen molar-refractivity contribution in [3.8, 4) is 16.9 Å². The summed E-state index contributed by atoms with van der Waals surface area (Å²) in [5.74, 6) is -0.947. The summed E-state index contributed by atoms with van der Waals surface area (Å²) in [5, 5.41) is 0. The standard InChI is InChI=1S/C27H25NO6S/c1-33-25-11-10-21(16-26(25)35(31,32)28-12-4-5-13-28)27(30)34-17-24(29)20-9-8-19-14-18-6-2-3-7-22(18)23(19)15-20/h2-3,6-11,15-16H,4-5,12-14,17H2,1H3. The molecule has 0 saturated carbocycles. The van der Waals surface area contributed by atoms with Crippen LogP contribution in [-0.4, -0.2) is 51.3 Å². The number of hydrogen-bond donors (Lipinski definition) is 0. The molecular formula is C27H25NO6S. The SMILES string of the molecule is COc1ccc(C(=O)OCC(=O)c2ccc3c(c2)-c2ccccc2C3)cc1S(=O)(=O)N1CCCC1. The number of carbonyl (C=O) groups is 2. The number of ether oxygens (including phenoxy) is 2. The van der Waals surface area contributed by atoms with E-state index in [1.165, 1.54) is 35.2 Å². The smallest absolute Gasteiger partial charge is 0.338 e. The zero-order chi connectivity index (χ0) is 24.6. The highest BCUT2D eigenvalue weighted by Gasteiger charge is 2.31. The van der Waals surface area contributed by atoms with E-state index in [9.17, 15) is 18.0 Å². The molecule has 1 aliphatic heterocycles. The lowest BCUT2D eigenvalue weighted by Gasteiger charge is -2.18. The van der Waals surface area contributed by atoms with Crippen molar-refractivity contribution in [1.82, 2.24) is 4.31 Å². The van der Waals surface area contributed by atoms with Crippen LogP contribution in [0, 0.1) is 0 Å². The van der Waals surface area contributed by atoms with Gasteiger partial charge in [0.2, 0.25) is 10.0 Å². The first kappa shape index (κ1) is 23.3. The van der Waals surface area contributed by atoms with Gasteiger partial charge >= 0.3 is 5.97 Å². The topological polar surface area (TPSA) is 90.0 Å². The van der Waals surface area contributed by atoms with Crippen LogP contribution in [0.4, 0.5) is 0 Å². The van der Waals surface area contributed by atoms with E-state index in [-0.39, 0.29) is 22.0 Å². The second kappa shape index (κ2) is 9.28. The largest absolute Gasteiger partial charge is 0.495 e. The molecule has 5 rings (SSSR count). The second-order valence-electron chi connectivity index (χ2n) is 8.68. The first-order valence-electron chi connectivity index (χ1n) is 11.5. The van der Waals surface area contributed by atoms with E-state index < -0.39 is 22.6 Å². The van der Waals surface area contributed by atoms with Gasteiger partial charge in [-0.2, -0.15) is 4.31 Å². The minimum Gasteiger partial charge on any atom is -0.495 e. The van der Waals surface area contributed by atoms with Gasteiger partial charge in [0.05, 0.1) is 12.7 Å². The van der Waals surface area contributed by atoms with Crippen LogP contribution in [0.1, 0.15) is 44.7 Å². The molecule has 0 bridgehead atoms. The Morgan fingerprint density at radius 3 is 2.37 bits per heavy atom. The number of benzene rings is 3. The van der Waals surface area contributed by atoms with Gasteiger partial charge in [0.25, 0.3) is 0 Å². The fourth-order valence-electron chi connectivity index (χ4n) is 4.67. The lowest BCUT2D eigenvalue weighted by atomic mass is 10.0. The fraction of sp³-hybridized carbons (Fsp3) is 0.259. The number of esters is 1. The van der Waals surface area contributed by atoms with Crippen molar-refractivity contribution in [2.45, 2.75) is 24.2 Å². The van der Waals surface area contributed by atoms with Crippen molar-refractivity contribution in [1.29, 1.82) is 0 Å². The van der Waals surface area contributed by atoms with E-state index in [2.05, 4.69) is 6.07 Å². The van der Waals surface area contributed by atoms with Gasteiger partial charge in [-0.05, 0) is 65.8 Å². The molecule has 35 heavy (non-hydrogen) atoms. The van der Waals surface area contributed by atoms with Crippen molar-refractivity contribution in [3.05, 3.63) is 82.9 Å². The van der Waals surface area contributed by atoms with Gasteiger partial charge in [0, 0.05) is 18.7 Å². The summed E-state index contributed by atoms with van der Waals surface area (Å²) in [5.41, 5.74) is 5.01. The molecule has 1 saturated heterocycles. The van der Waals surface area contributed by atoms with Crippen LogP contribution >= 0.6 is 0 Å². The zero-order valence-electron chi connectivity index (χ0n) is 19.3. The van der Waals surface area contributed by atoms with Gasteiger partial charge in [0.1, 0.15) is 10.6 Å². The second-order valence-corrected chi connectivity index (χ2v) is 10.6. The van der Waals surface area contributed by atoms with Gasteiger partial charge in [-0.3, -0.25) is 4.79 Å². The molecule has 3 aromatic rings. The lowest BCUT2D eigenvalue weighted by molar-refractivity contribution is 0.0474. The zero-order valence-corrected chi connectivity index (χ0v) is 20.1. The third kappa shape index (κ3) is 4.35. The molecule has 0 spiro atoms. The van der Waals surface area contributed by atoms with Crippen molar-refractivity contribution in [3.63, 3.8) is 0 Å². The Morgan fingerprint density at radius 1 is 0.886 bits per heavy atom. The van der Waals surface area contributed by atoms with Crippen LogP contribution in [0.15, 0.2) is 65.6 Å². The molecule has 2 aliphatic rings. The molecule has 7 nitrogen and oxygen atoms in total. The first-order chi connectivity index (χ1) is 16.9. The van der Waals surface area contributed by atoms with Crippen molar-refractivity contribution < 1.29 is 27.5 Å². The number of carbonyl (C=O) groups excluding carboxylic acids is 2. The van der Waals surface area contributed by atoms with Gasteiger partial charge < -0.3 is 9.47 Å². The molecule has 0 aromatic heterocycles. The number of ketones is 1. The Labute approximate surface area is 204 Å². The number of fused-ring (bicyclic) bond motifs is 3. The molecule has 0 amide bonds. The number of sulfonamides is 1. The number of Topliss-reactive ketones (excluding diaryl/α,β-unsaturated/α-hetero) is 1. The molecular weight excluding hydrogens is 466 g/mol. The Morgan fingerprint density at radius 2 is 1.60 bits per heavy atom. The monoisotopic (exact) mass is 491 g/mol. The van der Waals surface area contributed by atoms with Gasteiger partial charge in [-0.1, -0.05) is 36.4 Å². The lowest BCUT2D eigenvalue weighted by Crippen LogP contribution is -2.28.